The number of amides is 2. The maximum absolute atomic E-state index is 11.5. The van der Waals surface area contributed by atoms with Crippen molar-refractivity contribution in [2.75, 3.05) is 16.4 Å². The molecular formula is C14H12N4O2S. The summed E-state index contributed by atoms with van der Waals surface area (Å²) in [5.74, 6) is -0.632. The highest BCUT2D eigenvalue weighted by Crippen LogP contribution is 2.26. The summed E-state index contributed by atoms with van der Waals surface area (Å²) < 4.78 is 0. The van der Waals surface area contributed by atoms with Gasteiger partial charge >= 0.3 is 0 Å². The summed E-state index contributed by atoms with van der Waals surface area (Å²) in [5, 5.41) is 7.77. The number of benzene rings is 1. The highest BCUT2D eigenvalue weighted by Gasteiger charge is 2.17. The highest BCUT2D eigenvalue weighted by molar-refractivity contribution is 7.13. The Labute approximate surface area is 124 Å². The molecule has 3 rings (SSSR count). The predicted octanol–water partition coefficient (Wildman–Crippen LogP) is 2.18. The second kappa shape index (κ2) is 5.37. The van der Waals surface area contributed by atoms with Gasteiger partial charge in [0, 0.05) is 5.38 Å². The molecule has 0 spiro atoms. The molecule has 0 fully saturated rings. The smallest absolute Gasteiger partial charge is 0.233 e. The second-order valence-electron chi connectivity index (χ2n) is 4.52. The van der Waals surface area contributed by atoms with E-state index in [0.29, 0.717) is 16.5 Å². The summed E-state index contributed by atoms with van der Waals surface area (Å²) in [4.78, 5) is 27.1. The van der Waals surface area contributed by atoms with Crippen LogP contribution >= 0.6 is 11.3 Å². The van der Waals surface area contributed by atoms with E-state index in [1.54, 1.807) is 12.1 Å². The first-order chi connectivity index (χ1) is 10.1. The average molecular weight is 300 g/mol. The Morgan fingerprint density at radius 2 is 1.90 bits per heavy atom. The van der Waals surface area contributed by atoms with E-state index < -0.39 is 0 Å². The molecular weight excluding hydrogens is 288 g/mol. The second-order valence-corrected chi connectivity index (χ2v) is 5.41. The Hall–Kier alpha value is -2.67. The molecule has 0 unspecified atom stereocenters. The maximum atomic E-state index is 11.5. The van der Waals surface area contributed by atoms with Crippen molar-refractivity contribution in [2.45, 2.75) is 6.42 Å². The fraction of sp³-hybridized carbons (Fsp3) is 0.0714. The number of hydrogen-bond acceptors (Lipinski definition) is 5. The number of rotatable bonds is 2. The molecule has 21 heavy (non-hydrogen) atoms. The van der Waals surface area contributed by atoms with Crippen molar-refractivity contribution in [1.29, 1.82) is 0 Å². The van der Waals surface area contributed by atoms with Crippen molar-refractivity contribution < 1.29 is 9.59 Å². The van der Waals surface area contributed by atoms with Gasteiger partial charge in [0.25, 0.3) is 0 Å². The number of aromatic nitrogens is 1. The van der Waals surface area contributed by atoms with E-state index in [1.807, 2.05) is 23.6 Å². The third kappa shape index (κ3) is 3.09. The van der Waals surface area contributed by atoms with Gasteiger partial charge in [-0.05, 0) is 23.8 Å². The minimum absolute atomic E-state index is 0.169. The third-order valence-corrected chi connectivity index (χ3v) is 3.59. The topological polar surface area (TPSA) is 97.1 Å². The molecule has 1 aliphatic heterocycles. The van der Waals surface area contributed by atoms with Gasteiger partial charge in [0.15, 0.2) is 5.13 Å². The van der Waals surface area contributed by atoms with E-state index in [2.05, 4.69) is 15.6 Å². The van der Waals surface area contributed by atoms with Crippen LogP contribution in [0.2, 0.25) is 0 Å². The molecule has 0 bridgehead atoms. The standard InChI is InChI=1S/C14H12N4O2S/c15-14-16-9(7-21-14)3-1-8-2-4-10-11(5-8)18-13(20)6-12(19)17-10/h1-5,7H,6H2,(H2,15,16)(H,17,19)(H,18,20). The molecule has 2 aromatic rings. The third-order valence-electron chi connectivity index (χ3n) is 2.90. The number of carbonyl (C=O) groups is 2. The van der Waals surface area contributed by atoms with E-state index >= 15 is 0 Å². The number of fused-ring (bicyclic) bond motifs is 1. The van der Waals surface area contributed by atoms with Crippen molar-refractivity contribution in [3.05, 3.63) is 34.8 Å². The molecule has 1 aromatic heterocycles. The Morgan fingerprint density at radius 1 is 1.14 bits per heavy atom. The zero-order chi connectivity index (χ0) is 14.8. The lowest BCUT2D eigenvalue weighted by atomic mass is 10.1. The summed E-state index contributed by atoms with van der Waals surface area (Å²) >= 11 is 1.38. The van der Waals surface area contributed by atoms with Gasteiger partial charge < -0.3 is 16.4 Å². The molecule has 7 heteroatoms. The van der Waals surface area contributed by atoms with Crippen LogP contribution in [0.15, 0.2) is 23.6 Å². The van der Waals surface area contributed by atoms with Gasteiger partial charge in [-0.3, -0.25) is 9.59 Å². The van der Waals surface area contributed by atoms with Gasteiger partial charge in [-0.15, -0.1) is 11.3 Å². The normalized spacial score (nSPS) is 14.5. The van der Waals surface area contributed by atoms with Crippen LogP contribution in [0, 0.1) is 0 Å². The van der Waals surface area contributed by atoms with Gasteiger partial charge in [-0.1, -0.05) is 12.1 Å². The van der Waals surface area contributed by atoms with Crippen LogP contribution in [0.1, 0.15) is 17.7 Å². The largest absolute Gasteiger partial charge is 0.375 e. The van der Waals surface area contributed by atoms with Gasteiger partial charge in [0.2, 0.25) is 11.8 Å². The van der Waals surface area contributed by atoms with Gasteiger partial charge in [0.05, 0.1) is 17.1 Å². The molecule has 1 aliphatic rings. The number of thiazole rings is 1. The van der Waals surface area contributed by atoms with Crippen molar-refractivity contribution in [3.63, 3.8) is 0 Å². The van der Waals surface area contributed by atoms with E-state index in [9.17, 15) is 9.59 Å². The molecule has 106 valence electrons. The SMILES string of the molecule is Nc1nc(C=Cc2ccc3c(c2)NC(=O)CC(=O)N3)cs1. The molecule has 0 saturated carbocycles. The van der Waals surface area contributed by atoms with Gasteiger partial charge in [-0.25, -0.2) is 4.98 Å². The minimum Gasteiger partial charge on any atom is -0.375 e. The number of nitrogens with two attached hydrogens (primary N) is 1. The maximum Gasteiger partial charge on any atom is 0.233 e. The van der Waals surface area contributed by atoms with Crippen LogP contribution in [0.25, 0.3) is 12.2 Å². The van der Waals surface area contributed by atoms with E-state index in [-0.39, 0.29) is 18.2 Å². The van der Waals surface area contributed by atoms with Crippen molar-refractivity contribution in [2.24, 2.45) is 0 Å². The van der Waals surface area contributed by atoms with Crippen molar-refractivity contribution >= 4 is 51.8 Å². The molecule has 0 radical (unpaired) electrons. The van der Waals surface area contributed by atoms with E-state index in [0.717, 1.165) is 11.3 Å². The molecule has 1 aromatic carbocycles. The molecule has 4 N–H and O–H groups in total. The first-order valence-electron chi connectivity index (χ1n) is 6.23. The number of nitrogens with one attached hydrogen (secondary N) is 2. The summed E-state index contributed by atoms with van der Waals surface area (Å²) in [5.41, 5.74) is 8.43. The molecule has 6 nitrogen and oxygen atoms in total. The molecule has 2 heterocycles. The number of anilines is 3. The number of carbonyl (C=O) groups excluding carboxylic acids is 2. The van der Waals surface area contributed by atoms with Gasteiger partial charge in [-0.2, -0.15) is 0 Å². The fourth-order valence-electron chi connectivity index (χ4n) is 1.97. The van der Waals surface area contributed by atoms with Crippen molar-refractivity contribution in [1.82, 2.24) is 4.98 Å². The number of nitrogen functional groups attached to an aromatic ring is 1. The summed E-state index contributed by atoms with van der Waals surface area (Å²) in [6.07, 6.45) is 3.54. The fourth-order valence-corrected chi connectivity index (χ4v) is 2.50. The monoisotopic (exact) mass is 300 g/mol. The first-order valence-corrected chi connectivity index (χ1v) is 7.11. The van der Waals surface area contributed by atoms with E-state index in [4.69, 9.17) is 5.73 Å². The summed E-state index contributed by atoms with van der Waals surface area (Å²) in [7, 11) is 0. The predicted molar refractivity (Wildman–Crippen MR) is 83.8 cm³/mol. The lowest BCUT2D eigenvalue weighted by Crippen LogP contribution is -2.16. The Bertz CT molecular complexity index is 751. The summed E-state index contributed by atoms with van der Waals surface area (Å²) in [6, 6.07) is 5.40. The van der Waals surface area contributed by atoms with Crippen LogP contribution in [-0.4, -0.2) is 16.8 Å². The Morgan fingerprint density at radius 3 is 2.62 bits per heavy atom. The minimum atomic E-state index is -0.320. The van der Waals surface area contributed by atoms with Crippen LogP contribution in [0.3, 0.4) is 0 Å². The highest BCUT2D eigenvalue weighted by atomic mass is 32.1. The van der Waals surface area contributed by atoms with Crippen LogP contribution < -0.4 is 16.4 Å². The average Bonchev–Trinajstić information content (AvgIpc) is 2.77. The number of hydrogen-bond donors (Lipinski definition) is 3. The zero-order valence-corrected chi connectivity index (χ0v) is 11.7. The molecule has 2 amide bonds. The number of nitrogens with zero attached hydrogens (tertiary/aromatic N) is 1. The van der Waals surface area contributed by atoms with Crippen molar-refractivity contribution in [3.8, 4) is 0 Å². The van der Waals surface area contributed by atoms with E-state index in [1.165, 1.54) is 11.3 Å². The lowest BCUT2D eigenvalue weighted by Gasteiger charge is -2.07. The Balaban J connectivity index is 1.87. The first kappa shape index (κ1) is 13.3. The lowest BCUT2D eigenvalue weighted by molar-refractivity contribution is -0.123. The van der Waals surface area contributed by atoms with Crippen LogP contribution in [0.4, 0.5) is 16.5 Å². The molecule has 0 saturated heterocycles. The molecule has 0 atom stereocenters. The van der Waals surface area contributed by atoms with Gasteiger partial charge in [0.1, 0.15) is 6.42 Å². The van der Waals surface area contributed by atoms with Crippen LogP contribution in [-0.2, 0) is 9.59 Å². The Kier molecular flexibility index (Phi) is 3.41. The molecule has 0 aliphatic carbocycles. The van der Waals surface area contributed by atoms with Crippen LogP contribution in [0.5, 0.6) is 0 Å². The zero-order valence-electron chi connectivity index (χ0n) is 10.9. The quantitative estimate of drug-likeness (QED) is 0.740. The summed E-state index contributed by atoms with van der Waals surface area (Å²) in [6.45, 7) is 0.